The minimum absolute atomic E-state index is 0.809. The summed E-state index contributed by atoms with van der Waals surface area (Å²) in [5.41, 5.74) is 2.03. The van der Waals surface area contributed by atoms with Gasteiger partial charge < -0.3 is 15.0 Å². The molecule has 1 fully saturated rings. The molecule has 5 nitrogen and oxygen atoms in total. The number of methoxy groups -OCH3 is 1. The number of rotatable bonds is 5. The molecule has 1 saturated heterocycles. The Labute approximate surface area is 115 Å². The van der Waals surface area contributed by atoms with Gasteiger partial charge in [0.15, 0.2) is 5.75 Å². The van der Waals surface area contributed by atoms with E-state index in [0.29, 0.717) is 0 Å². The Balaban J connectivity index is 1.80. The van der Waals surface area contributed by atoms with E-state index in [9.17, 15) is 0 Å². The van der Waals surface area contributed by atoms with Crippen LogP contribution >= 0.6 is 0 Å². The average molecular weight is 264 g/mol. The first-order chi connectivity index (χ1) is 9.19. The molecule has 1 aliphatic rings. The van der Waals surface area contributed by atoms with E-state index in [0.717, 1.165) is 56.4 Å². The second kappa shape index (κ2) is 6.73. The Morgan fingerprint density at radius 3 is 2.74 bits per heavy atom. The van der Waals surface area contributed by atoms with Gasteiger partial charge in [-0.05, 0) is 20.0 Å². The Morgan fingerprint density at radius 2 is 2.05 bits per heavy atom. The number of nitrogens with one attached hydrogen (secondary N) is 1. The average Bonchev–Trinajstić information content (AvgIpc) is 2.41. The van der Waals surface area contributed by atoms with E-state index in [1.165, 1.54) is 0 Å². The highest BCUT2D eigenvalue weighted by molar-refractivity contribution is 5.55. The van der Waals surface area contributed by atoms with Crippen LogP contribution in [-0.2, 0) is 0 Å². The fourth-order valence-corrected chi connectivity index (χ4v) is 2.27. The van der Waals surface area contributed by atoms with E-state index in [1.807, 2.05) is 13.0 Å². The predicted molar refractivity (Wildman–Crippen MR) is 78.0 cm³/mol. The van der Waals surface area contributed by atoms with Crippen LogP contribution in [0.4, 0.5) is 5.69 Å². The van der Waals surface area contributed by atoms with Gasteiger partial charge in [0.1, 0.15) is 0 Å². The molecule has 19 heavy (non-hydrogen) atoms. The van der Waals surface area contributed by atoms with Crippen molar-refractivity contribution in [2.24, 2.45) is 0 Å². The van der Waals surface area contributed by atoms with Crippen LogP contribution in [0.15, 0.2) is 12.3 Å². The summed E-state index contributed by atoms with van der Waals surface area (Å²) in [7, 11) is 3.86. The molecule has 0 aromatic carbocycles. The summed E-state index contributed by atoms with van der Waals surface area (Å²) in [6.45, 7) is 8.64. The Morgan fingerprint density at radius 1 is 1.32 bits per heavy atom. The van der Waals surface area contributed by atoms with Crippen LogP contribution in [0.3, 0.4) is 0 Å². The minimum atomic E-state index is 0.809. The lowest BCUT2D eigenvalue weighted by molar-refractivity contribution is 0.158. The molecule has 2 heterocycles. The van der Waals surface area contributed by atoms with E-state index < -0.39 is 0 Å². The molecule has 2 rings (SSSR count). The number of hydrogen-bond acceptors (Lipinski definition) is 5. The largest absolute Gasteiger partial charge is 0.493 e. The second-order valence-corrected chi connectivity index (χ2v) is 5.10. The quantitative estimate of drug-likeness (QED) is 0.861. The molecule has 0 amide bonds. The number of nitrogens with zero attached hydrogens (tertiary/aromatic N) is 3. The molecular weight excluding hydrogens is 240 g/mol. The molecule has 1 aliphatic heterocycles. The van der Waals surface area contributed by atoms with E-state index >= 15 is 0 Å². The molecule has 0 bridgehead atoms. The maximum Gasteiger partial charge on any atom is 0.160 e. The molecule has 5 heteroatoms. The van der Waals surface area contributed by atoms with Crippen LogP contribution in [0.5, 0.6) is 5.75 Å². The zero-order valence-electron chi connectivity index (χ0n) is 12.1. The van der Waals surface area contributed by atoms with E-state index in [2.05, 4.69) is 27.1 Å². The minimum Gasteiger partial charge on any atom is -0.493 e. The molecule has 1 aromatic heterocycles. The first-order valence-electron chi connectivity index (χ1n) is 6.84. The molecular formula is C14H24N4O. The highest BCUT2D eigenvalue weighted by Crippen LogP contribution is 2.23. The summed E-state index contributed by atoms with van der Waals surface area (Å²) in [4.78, 5) is 9.10. The van der Waals surface area contributed by atoms with Crippen molar-refractivity contribution in [1.82, 2.24) is 14.8 Å². The van der Waals surface area contributed by atoms with Crippen molar-refractivity contribution >= 4 is 5.69 Å². The molecule has 0 unspecified atom stereocenters. The highest BCUT2D eigenvalue weighted by Gasteiger charge is 2.13. The van der Waals surface area contributed by atoms with Crippen LogP contribution in [0.25, 0.3) is 0 Å². The van der Waals surface area contributed by atoms with Gasteiger partial charge in [-0.2, -0.15) is 0 Å². The van der Waals surface area contributed by atoms with Crippen molar-refractivity contribution < 1.29 is 4.74 Å². The van der Waals surface area contributed by atoms with Crippen LogP contribution < -0.4 is 10.1 Å². The molecule has 0 radical (unpaired) electrons. The standard InChI is InChI=1S/C14H24N4O/c1-12-10-13(14(19-3)11-16-12)15-4-5-18-8-6-17(2)7-9-18/h10-11H,4-9H2,1-3H3,(H,15,16). The maximum absolute atomic E-state index is 5.31. The first kappa shape index (κ1) is 14.1. The third kappa shape index (κ3) is 4.08. The maximum atomic E-state index is 5.31. The third-order valence-electron chi connectivity index (χ3n) is 3.56. The van der Waals surface area contributed by atoms with Crippen molar-refractivity contribution in [2.45, 2.75) is 6.92 Å². The highest BCUT2D eigenvalue weighted by atomic mass is 16.5. The van der Waals surface area contributed by atoms with E-state index in [4.69, 9.17) is 4.74 Å². The van der Waals surface area contributed by atoms with Gasteiger partial charge in [0.2, 0.25) is 0 Å². The molecule has 106 valence electrons. The second-order valence-electron chi connectivity index (χ2n) is 5.10. The normalized spacial score (nSPS) is 17.4. The van der Waals surface area contributed by atoms with Crippen LogP contribution in [0, 0.1) is 6.92 Å². The van der Waals surface area contributed by atoms with Crippen LogP contribution in [0.1, 0.15) is 5.69 Å². The van der Waals surface area contributed by atoms with Crippen molar-refractivity contribution in [3.63, 3.8) is 0 Å². The van der Waals surface area contributed by atoms with E-state index in [1.54, 1.807) is 13.3 Å². The summed E-state index contributed by atoms with van der Waals surface area (Å²) in [6.07, 6.45) is 1.77. The van der Waals surface area contributed by atoms with Gasteiger partial charge in [0.25, 0.3) is 0 Å². The third-order valence-corrected chi connectivity index (χ3v) is 3.56. The van der Waals surface area contributed by atoms with Gasteiger partial charge in [-0.25, -0.2) is 0 Å². The number of likely N-dealkylation sites (N-methyl/N-ethyl adjacent to an activating group) is 1. The fourth-order valence-electron chi connectivity index (χ4n) is 2.27. The summed E-state index contributed by atoms with van der Waals surface area (Å²) in [5, 5.41) is 3.44. The number of anilines is 1. The lowest BCUT2D eigenvalue weighted by Crippen LogP contribution is -2.45. The van der Waals surface area contributed by atoms with Crippen molar-refractivity contribution in [1.29, 1.82) is 0 Å². The van der Waals surface area contributed by atoms with Crippen molar-refractivity contribution in [3.05, 3.63) is 18.0 Å². The molecule has 0 atom stereocenters. The first-order valence-corrected chi connectivity index (χ1v) is 6.84. The van der Waals surface area contributed by atoms with Gasteiger partial charge in [-0.1, -0.05) is 0 Å². The number of aromatic nitrogens is 1. The zero-order chi connectivity index (χ0) is 13.7. The molecule has 1 aromatic rings. The number of pyridine rings is 1. The SMILES string of the molecule is COc1cnc(C)cc1NCCN1CCN(C)CC1. The number of aryl methyl sites for hydroxylation is 1. The monoisotopic (exact) mass is 264 g/mol. The zero-order valence-corrected chi connectivity index (χ0v) is 12.1. The van der Waals surface area contributed by atoms with Gasteiger partial charge in [-0.15, -0.1) is 0 Å². The van der Waals surface area contributed by atoms with Gasteiger partial charge >= 0.3 is 0 Å². The summed E-state index contributed by atoms with van der Waals surface area (Å²) >= 11 is 0. The van der Waals surface area contributed by atoms with Crippen LogP contribution in [-0.4, -0.2) is 68.2 Å². The molecule has 1 N–H and O–H groups in total. The number of piperazine rings is 1. The Bertz CT molecular complexity index is 402. The lowest BCUT2D eigenvalue weighted by Gasteiger charge is -2.32. The van der Waals surface area contributed by atoms with Gasteiger partial charge in [0, 0.05) is 45.0 Å². The molecule has 0 spiro atoms. The van der Waals surface area contributed by atoms with E-state index in [-0.39, 0.29) is 0 Å². The fraction of sp³-hybridized carbons (Fsp3) is 0.643. The van der Waals surface area contributed by atoms with Gasteiger partial charge in [0.05, 0.1) is 19.0 Å². The van der Waals surface area contributed by atoms with Gasteiger partial charge in [-0.3, -0.25) is 9.88 Å². The van der Waals surface area contributed by atoms with Crippen molar-refractivity contribution in [3.8, 4) is 5.75 Å². The smallest absolute Gasteiger partial charge is 0.160 e. The Kier molecular flexibility index (Phi) is 4.99. The summed E-state index contributed by atoms with van der Waals surface area (Å²) in [6, 6.07) is 2.03. The Hall–Kier alpha value is -1.33. The number of ether oxygens (including phenoxy) is 1. The summed E-state index contributed by atoms with van der Waals surface area (Å²) in [5.74, 6) is 0.809. The number of hydrogen-bond donors (Lipinski definition) is 1. The van der Waals surface area contributed by atoms with Crippen molar-refractivity contribution in [2.75, 3.05) is 58.7 Å². The topological polar surface area (TPSA) is 40.6 Å². The lowest BCUT2D eigenvalue weighted by atomic mass is 10.3. The summed E-state index contributed by atoms with van der Waals surface area (Å²) < 4.78 is 5.31. The van der Waals surface area contributed by atoms with Crippen LogP contribution in [0.2, 0.25) is 0 Å². The molecule has 0 aliphatic carbocycles. The molecule has 0 saturated carbocycles. The predicted octanol–water partition coefficient (Wildman–Crippen LogP) is 1.06.